The molecule has 1 aliphatic heterocycles. The minimum atomic E-state index is -0.0966. The van der Waals surface area contributed by atoms with E-state index in [0.29, 0.717) is 12.2 Å². The highest BCUT2D eigenvalue weighted by Gasteiger charge is 2.23. The zero-order valence-electron chi connectivity index (χ0n) is 14.8. The number of nitrogens with one attached hydrogen (secondary N) is 1. The second-order valence-corrected chi connectivity index (χ2v) is 7.43. The minimum absolute atomic E-state index is 0.0966. The van der Waals surface area contributed by atoms with E-state index in [9.17, 15) is 4.79 Å². The fraction of sp³-hybridized carbons (Fsp3) is 0.0870. The van der Waals surface area contributed by atoms with Crippen LogP contribution in [-0.2, 0) is 11.4 Å². The van der Waals surface area contributed by atoms with Gasteiger partial charge in [-0.25, -0.2) is 0 Å². The first-order valence-corrected chi connectivity index (χ1v) is 9.50. The molecule has 0 saturated carbocycles. The lowest BCUT2D eigenvalue weighted by Crippen LogP contribution is -2.04. The maximum atomic E-state index is 12.4. The molecular weight excluding hydrogens is 402 g/mol. The molecule has 4 heteroatoms. The topological polar surface area (TPSA) is 38.3 Å². The number of anilines is 1. The summed E-state index contributed by atoms with van der Waals surface area (Å²) in [5.41, 5.74) is 5.57. The third kappa shape index (κ3) is 3.81. The van der Waals surface area contributed by atoms with Crippen molar-refractivity contribution >= 4 is 39.2 Å². The van der Waals surface area contributed by atoms with Crippen LogP contribution >= 0.6 is 15.9 Å². The average Bonchev–Trinajstić information content (AvgIpc) is 2.98. The van der Waals surface area contributed by atoms with Crippen LogP contribution in [0.25, 0.3) is 11.6 Å². The zero-order chi connectivity index (χ0) is 18.8. The van der Waals surface area contributed by atoms with E-state index >= 15 is 0 Å². The number of fused-ring (bicyclic) bond motifs is 1. The molecule has 3 aromatic carbocycles. The molecule has 1 amide bonds. The van der Waals surface area contributed by atoms with Crippen LogP contribution in [0.15, 0.2) is 71.2 Å². The summed E-state index contributed by atoms with van der Waals surface area (Å²) >= 11 is 3.51. The van der Waals surface area contributed by atoms with Crippen LogP contribution in [0.1, 0.15) is 22.3 Å². The van der Waals surface area contributed by atoms with Crippen molar-refractivity contribution in [3.05, 3.63) is 93.5 Å². The SMILES string of the molecule is Cc1ccc(COc2ccc(Br)cc2/C=C2\C(=O)Nc3ccccc32)cc1. The maximum Gasteiger partial charge on any atom is 0.256 e. The third-order valence-electron chi connectivity index (χ3n) is 4.50. The molecule has 1 aliphatic rings. The molecule has 0 aromatic heterocycles. The fourth-order valence-corrected chi connectivity index (χ4v) is 3.43. The fourth-order valence-electron chi connectivity index (χ4n) is 3.05. The van der Waals surface area contributed by atoms with Gasteiger partial charge in [0.25, 0.3) is 5.91 Å². The van der Waals surface area contributed by atoms with Gasteiger partial charge in [-0.05, 0) is 42.8 Å². The van der Waals surface area contributed by atoms with Gasteiger partial charge in [-0.1, -0.05) is 64.0 Å². The number of carbonyl (C=O) groups is 1. The molecule has 27 heavy (non-hydrogen) atoms. The number of halogens is 1. The summed E-state index contributed by atoms with van der Waals surface area (Å²) in [5.74, 6) is 0.643. The Morgan fingerprint density at radius 3 is 2.63 bits per heavy atom. The van der Waals surface area contributed by atoms with Gasteiger partial charge < -0.3 is 10.1 Å². The molecule has 0 spiro atoms. The van der Waals surface area contributed by atoms with E-state index in [0.717, 1.165) is 32.6 Å². The Labute approximate surface area is 166 Å². The molecule has 3 aromatic rings. The number of aryl methyl sites for hydroxylation is 1. The summed E-state index contributed by atoms with van der Waals surface area (Å²) in [6.45, 7) is 2.54. The summed E-state index contributed by atoms with van der Waals surface area (Å²) in [6.07, 6.45) is 1.89. The summed E-state index contributed by atoms with van der Waals surface area (Å²) in [5, 5.41) is 2.91. The Hall–Kier alpha value is -2.85. The molecule has 0 aliphatic carbocycles. The van der Waals surface area contributed by atoms with Crippen molar-refractivity contribution in [1.29, 1.82) is 0 Å². The van der Waals surface area contributed by atoms with E-state index in [1.165, 1.54) is 5.56 Å². The van der Waals surface area contributed by atoms with Gasteiger partial charge >= 0.3 is 0 Å². The average molecular weight is 420 g/mol. The third-order valence-corrected chi connectivity index (χ3v) is 4.99. The Kier molecular flexibility index (Phi) is 4.82. The van der Waals surface area contributed by atoms with Crippen molar-refractivity contribution in [2.75, 3.05) is 5.32 Å². The van der Waals surface area contributed by atoms with Crippen molar-refractivity contribution in [2.24, 2.45) is 0 Å². The Morgan fingerprint density at radius 1 is 1.04 bits per heavy atom. The van der Waals surface area contributed by atoms with Crippen molar-refractivity contribution < 1.29 is 9.53 Å². The monoisotopic (exact) mass is 419 g/mol. The second-order valence-electron chi connectivity index (χ2n) is 6.51. The highest BCUT2D eigenvalue weighted by molar-refractivity contribution is 9.10. The van der Waals surface area contributed by atoms with Crippen molar-refractivity contribution in [1.82, 2.24) is 0 Å². The molecule has 134 valence electrons. The number of para-hydroxylation sites is 1. The quantitative estimate of drug-likeness (QED) is 0.540. The molecule has 0 radical (unpaired) electrons. The van der Waals surface area contributed by atoms with Crippen LogP contribution in [0.3, 0.4) is 0 Å². The van der Waals surface area contributed by atoms with Gasteiger partial charge in [-0.3, -0.25) is 4.79 Å². The Bertz CT molecular complexity index is 1040. The van der Waals surface area contributed by atoms with E-state index < -0.39 is 0 Å². The van der Waals surface area contributed by atoms with Crippen LogP contribution in [0.2, 0.25) is 0 Å². The van der Waals surface area contributed by atoms with E-state index in [1.54, 1.807) is 0 Å². The number of hydrogen-bond donors (Lipinski definition) is 1. The molecule has 0 fully saturated rings. The van der Waals surface area contributed by atoms with Gasteiger partial charge in [0.15, 0.2) is 0 Å². The van der Waals surface area contributed by atoms with Gasteiger partial charge in [-0.2, -0.15) is 0 Å². The van der Waals surface area contributed by atoms with Gasteiger partial charge in [0.2, 0.25) is 0 Å². The Morgan fingerprint density at radius 2 is 1.81 bits per heavy atom. The minimum Gasteiger partial charge on any atom is -0.488 e. The molecule has 3 nitrogen and oxygen atoms in total. The van der Waals surface area contributed by atoms with Crippen molar-refractivity contribution in [3.63, 3.8) is 0 Å². The zero-order valence-corrected chi connectivity index (χ0v) is 16.4. The number of benzene rings is 3. The predicted octanol–water partition coefficient (Wildman–Crippen LogP) is 5.83. The molecule has 0 bridgehead atoms. The first-order valence-electron chi connectivity index (χ1n) is 8.70. The number of ether oxygens (including phenoxy) is 1. The lowest BCUT2D eigenvalue weighted by molar-refractivity contribution is -0.110. The molecule has 0 unspecified atom stereocenters. The van der Waals surface area contributed by atoms with Gasteiger partial charge in [-0.15, -0.1) is 0 Å². The first-order chi connectivity index (χ1) is 13.1. The van der Waals surface area contributed by atoms with Crippen LogP contribution < -0.4 is 10.1 Å². The van der Waals surface area contributed by atoms with Gasteiger partial charge in [0.1, 0.15) is 12.4 Å². The standard InChI is InChI=1S/C23H18BrNO2/c1-15-6-8-16(9-7-15)14-27-22-11-10-18(24)12-17(22)13-20-19-4-2-3-5-21(19)25-23(20)26/h2-13H,14H2,1H3,(H,25,26)/b20-13-. The highest BCUT2D eigenvalue weighted by atomic mass is 79.9. The maximum absolute atomic E-state index is 12.4. The van der Waals surface area contributed by atoms with Crippen molar-refractivity contribution in [3.8, 4) is 5.75 Å². The lowest BCUT2D eigenvalue weighted by atomic mass is 10.0. The molecule has 1 heterocycles. The van der Waals surface area contributed by atoms with E-state index in [-0.39, 0.29) is 5.91 Å². The summed E-state index contributed by atoms with van der Waals surface area (Å²) in [4.78, 5) is 12.4. The van der Waals surface area contributed by atoms with Crippen LogP contribution in [-0.4, -0.2) is 5.91 Å². The molecule has 0 atom stereocenters. The van der Waals surface area contributed by atoms with Crippen molar-refractivity contribution in [2.45, 2.75) is 13.5 Å². The predicted molar refractivity (Wildman–Crippen MR) is 113 cm³/mol. The second kappa shape index (κ2) is 7.41. The van der Waals surface area contributed by atoms with Gasteiger partial charge in [0, 0.05) is 26.9 Å². The first kappa shape index (κ1) is 17.6. The van der Waals surface area contributed by atoms with Crippen LogP contribution in [0, 0.1) is 6.92 Å². The lowest BCUT2D eigenvalue weighted by Gasteiger charge is -2.11. The molecular formula is C23H18BrNO2. The number of hydrogen-bond acceptors (Lipinski definition) is 2. The molecule has 4 rings (SSSR count). The highest BCUT2D eigenvalue weighted by Crippen LogP contribution is 2.35. The van der Waals surface area contributed by atoms with Crippen LogP contribution in [0.5, 0.6) is 5.75 Å². The van der Waals surface area contributed by atoms with E-state index in [2.05, 4.69) is 52.4 Å². The van der Waals surface area contributed by atoms with E-state index in [1.807, 2.05) is 48.5 Å². The Balaban J connectivity index is 1.66. The summed E-state index contributed by atoms with van der Waals surface area (Å²) in [6, 6.07) is 21.8. The normalized spacial score (nSPS) is 14.1. The summed E-state index contributed by atoms with van der Waals surface area (Å²) in [7, 11) is 0. The van der Waals surface area contributed by atoms with Crippen LogP contribution in [0.4, 0.5) is 5.69 Å². The molecule has 0 saturated heterocycles. The molecule has 1 N–H and O–H groups in total. The number of rotatable bonds is 4. The smallest absolute Gasteiger partial charge is 0.256 e. The number of carbonyl (C=O) groups excluding carboxylic acids is 1. The largest absolute Gasteiger partial charge is 0.488 e. The van der Waals surface area contributed by atoms with Gasteiger partial charge in [0.05, 0.1) is 0 Å². The summed E-state index contributed by atoms with van der Waals surface area (Å²) < 4.78 is 6.99. The number of amides is 1. The van der Waals surface area contributed by atoms with E-state index in [4.69, 9.17) is 4.74 Å².